The van der Waals surface area contributed by atoms with E-state index < -0.39 is 24.4 Å². The first-order valence-corrected chi connectivity index (χ1v) is 19.3. The molecule has 46 heavy (non-hydrogen) atoms. The minimum absolute atomic E-state index is 0.244. The van der Waals surface area contributed by atoms with Gasteiger partial charge in [0.15, 0.2) is 19.7 Å². The molecule has 6 aromatic rings. The predicted molar refractivity (Wildman–Crippen MR) is 187 cm³/mol. The normalized spacial score (nSPS) is 12.5. The van der Waals surface area contributed by atoms with Gasteiger partial charge in [0.05, 0.1) is 25.7 Å². The van der Waals surface area contributed by atoms with Crippen LogP contribution in [0.3, 0.4) is 0 Å². The van der Waals surface area contributed by atoms with Crippen LogP contribution in [-0.4, -0.2) is 44.3 Å². The van der Waals surface area contributed by atoms with Gasteiger partial charge in [-0.1, -0.05) is 43.3 Å². The highest BCUT2D eigenvalue weighted by Crippen LogP contribution is 2.43. The fourth-order valence-electron chi connectivity index (χ4n) is 5.30. The molecule has 0 spiro atoms. The largest absolute Gasteiger partial charge is 0.261 e. The van der Waals surface area contributed by atoms with Crippen molar-refractivity contribution in [2.24, 2.45) is 0 Å². The number of rotatable bonds is 8. The molecule has 6 rings (SSSR count). The van der Waals surface area contributed by atoms with Gasteiger partial charge in [-0.3, -0.25) is 9.97 Å². The third kappa shape index (κ3) is 6.00. The van der Waals surface area contributed by atoms with Crippen LogP contribution in [-0.2, 0) is 30.8 Å². The fourth-order valence-corrected chi connectivity index (χ4v) is 7.56. The van der Waals surface area contributed by atoms with Crippen molar-refractivity contribution in [3.05, 3.63) is 109 Å². The summed E-state index contributed by atoms with van der Waals surface area (Å²) in [4.78, 5) is 15.4. The molecule has 0 N–H and O–H groups in total. The standard InChI is InChI=1S/C36H33N3O4S3/c1-6-29-21-27(16-18-37-29)35-39-33(23-12-14-30(15-13-23)45(4,40)41)34(44-35)26-10-7-9-24(19-26)31-22-28(36(2,3)46(5,42)43)20-25-11-8-17-38-32(25)31/h7-22H,6H2,1-5H3. The Labute approximate surface area is 273 Å². The molecule has 3 aromatic heterocycles. The Morgan fingerprint density at radius 3 is 2.17 bits per heavy atom. The summed E-state index contributed by atoms with van der Waals surface area (Å²) in [7, 11) is -6.78. The van der Waals surface area contributed by atoms with Gasteiger partial charge in [0.2, 0.25) is 0 Å². The molecule has 10 heteroatoms. The Bertz CT molecular complexity index is 2330. The van der Waals surface area contributed by atoms with Gasteiger partial charge in [-0.05, 0) is 85.5 Å². The van der Waals surface area contributed by atoms with Crippen molar-refractivity contribution in [1.82, 2.24) is 15.0 Å². The Morgan fingerprint density at radius 1 is 0.739 bits per heavy atom. The fraction of sp³-hybridized carbons (Fsp3) is 0.194. The van der Waals surface area contributed by atoms with Gasteiger partial charge in [0.25, 0.3) is 0 Å². The van der Waals surface area contributed by atoms with Crippen LogP contribution in [0.5, 0.6) is 0 Å². The minimum Gasteiger partial charge on any atom is -0.261 e. The van der Waals surface area contributed by atoms with Crippen molar-refractivity contribution in [1.29, 1.82) is 0 Å². The van der Waals surface area contributed by atoms with Crippen molar-refractivity contribution >= 4 is 41.9 Å². The molecule has 3 heterocycles. The number of nitrogens with zero attached hydrogens (tertiary/aromatic N) is 3. The molecule has 234 valence electrons. The van der Waals surface area contributed by atoms with Gasteiger partial charge in [-0.2, -0.15) is 0 Å². The summed E-state index contributed by atoms with van der Waals surface area (Å²) >= 11 is 1.56. The summed E-state index contributed by atoms with van der Waals surface area (Å²) in [5.74, 6) is 0. The van der Waals surface area contributed by atoms with Crippen molar-refractivity contribution in [2.45, 2.75) is 36.8 Å². The van der Waals surface area contributed by atoms with E-state index in [1.165, 1.54) is 12.5 Å². The number of hydrogen-bond donors (Lipinski definition) is 0. The van der Waals surface area contributed by atoms with Crippen LogP contribution in [0.2, 0.25) is 0 Å². The second kappa shape index (κ2) is 11.8. The zero-order chi connectivity index (χ0) is 32.9. The maximum absolute atomic E-state index is 12.8. The quantitative estimate of drug-likeness (QED) is 0.162. The molecule has 7 nitrogen and oxygen atoms in total. The smallest absolute Gasteiger partial charge is 0.175 e. The number of aryl methyl sites for hydroxylation is 1. The monoisotopic (exact) mass is 667 g/mol. The number of aromatic nitrogens is 3. The summed E-state index contributed by atoms with van der Waals surface area (Å²) in [5.41, 5.74) is 7.56. The van der Waals surface area contributed by atoms with Crippen molar-refractivity contribution < 1.29 is 16.8 Å². The maximum atomic E-state index is 12.8. The van der Waals surface area contributed by atoms with Crippen LogP contribution in [0.1, 0.15) is 32.0 Å². The number of thiazole rings is 1. The molecular weight excluding hydrogens is 635 g/mol. The molecule has 0 aliphatic heterocycles. The second-order valence-corrected chi connectivity index (χ2v) is 17.4. The highest BCUT2D eigenvalue weighted by Gasteiger charge is 2.33. The highest BCUT2D eigenvalue weighted by molar-refractivity contribution is 7.91. The summed E-state index contributed by atoms with van der Waals surface area (Å²) in [6, 6.07) is 26.5. The van der Waals surface area contributed by atoms with Gasteiger partial charge in [-0.15, -0.1) is 11.3 Å². The summed E-state index contributed by atoms with van der Waals surface area (Å²) in [6.07, 6.45) is 6.78. The van der Waals surface area contributed by atoms with E-state index >= 15 is 0 Å². The molecule has 0 bridgehead atoms. The molecule has 3 aromatic carbocycles. The molecule has 0 amide bonds. The van der Waals surface area contributed by atoms with Crippen LogP contribution in [0, 0.1) is 0 Å². The first kappa shape index (κ1) is 31.7. The van der Waals surface area contributed by atoms with Crippen molar-refractivity contribution in [3.63, 3.8) is 0 Å². The SMILES string of the molecule is CCc1cc(-c2nc(-c3ccc(S(C)(=O)=O)cc3)c(-c3cccc(-c4cc(C(C)(C)S(C)(=O)=O)cc5cccnc45)c3)s2)ccn1. The van der Waals surface area contributed by atoms with E-state index in [1.54, 1.807) is 61.8 Å². The van der Waals surface area contributed by atoms with Crippen LogP contribution in [0.25, 0.3) is 54.3 Å². The van der Waals surface area contributed by atoms with E-state index in [4.69, 9.17) is 4.98 Å². The van der Waals surface area contributed by atoms with Crippen LogP contribution >= 0.6 is 11.3 Å². The van der Waals surface area contributed by atoms with Gasteiger partial charge >= 0.3 is 0 Å². The molecule has 0 radical (unpaired) electrons. The molecular formula is C36H33N3O4S3. The lowest BCUT2D eigenvalue weighted by molar-refractivity contribution is 0.561. The lowest BCUT2D eigenvalue weighted by Gasteiger charge is -2.24. The Balaban J connectivity index is 1.55. The second-order valence-electron chi connectivity index (χ2n) is 11.8. The molecule has 0 saturated heterocycles. The average molecular weight is 668 g/mol. The first-order chi connectivity index (χ1) is 21.8. The molecule has 0 saturated carbocycles. The van der Waals surface area contributed by atoms with Crippen LogP contribution < -0.4 is 0 Å². The Kier molecular flexibility index (Phi) is 8.16. The molecule has 0 aliphatic rings. The average Bonchev–Trinajstić information content (AvgIpc) is 3.49. The van der Waals surface area contributed by atoms with E-state index in [-0.39, 0.29) is 4.90 Å². The van der Waals surface area contributed by atoms with Gasteiger partial charge in [-0.25, -0.2) is 21.8 Å². The van der Waals surface area contributed by atoms with E-state index in [2.05, 4.69) is 23.0 Å². The van der Waals surface area contributed by atoms with Crippen molar-refractivity contribution in [3.8, 4) is 43.4 Å². The topological polar surface area (TPSA) is 107 Å². The number of benzene rings is 3. The molecule has 0 atom stereocenters. The van der Waals surface area contributed by atoms with Crippen LogP contribution in [0.4, 0.5) is 0 Å². The van der Waals surface area contributed by atoms with Gasteiger partial charge in [0, 0.05) is 52.7 Å². The molecule has 0 fully saturated rings. The van der Waals surface area contributed by atoms with E-state index in [0.29, 0.717) is 5.56 Å². The predicted octanol–water partition coefficient (Wildman–Crippen LogP) is 8.00. The third-order valence-corrected chi connectivity index (χ3v) is 12.7. The minimum atomic E-state index is -3.42. The van der Waals surface area contributed by atoms with E-state index in [0.717, 1.165) is 66.4 Å². The summed E-state index contributed by atoms with van der Waals surface area (Å²) in [5, 5.41) is 1.68. The summed E-state index contributed by atoms with van der Waals surface area (Å²) in [6.45, 7) is 5.51. The number of fused-ring (bicyclic) bond motifs is 1. The Morgan fingerprint density at radius 2 is 1.48 bits per heavy atom. The lowest BCUT2D eigenvalue weighted by atomic mass is 9.92. The number of pyridine rings is 2. The van der Waals surface area contributed by atoms with E-state index in [1.807, 2.05) is 54.6 Å². The molecule has 0 aliphatic carbocycles. The Hall–Kier alpha value is -4.25. The van der Waals surface area contributed by atoms with Crippen LogP contribution in [0.15, 0.2) is 102 Å². The first-order valence-electron chi connectivity index (χ1n) is 14.7. The zero-order valence-corrected chi connectivity index (χ0v) is 28.6. The van der Waals surface area contributed by atoms with Gasteiger partial charge < -0.3 is 0 Å². The lowest BCUT2D eigenvalue weighted by Crippen LogP contribution is -2.28. The van der Waals surface area contributed by atoms with Gasteiger partial charge in [0.1, 0.15) is 5.01 Å². The van der Waals surface area contributed by atoms with E-state index in [9.17, 15) is 16.8 Å². The third-order valence-electron chi connectivity index (χ3n) is 8.37. The maximum Gasteiger partial charge on any atom is 0.175 e. The zero-order valence-electron chi connectivity index (χ0n) is 26.1. The molecule has 0 unspecified atom stereocenters. The number of hydrogen-bond acceptors (Lipinski definition) is 8. The summed E-state index contributed by atoms with van der Waals surface area (Å²) < 4.78 is 48.9. The van der Waals surface area contributed by atoms with Crippen molar-refractivity contribution in [2.75, 3.05) is 12.5 Å². The number of sulfone groups is 2. The highest BCUT2D eigenvalue weighted by atomic mass is 32.2.